The topological polar surface area (TPSA) is 49.8 Å². The van der Waals surface area contributed by atoms with Crippen molar-refractivity contribution in [3.8, 4) is 0 Å². The minimum atomic E-state index is -0.790. The Bertz CT molecular complexity index is 393. The minimum absolute atomic E-state index is 0.0313. The second-order valence-corrected chi connectivity index (χ2v) is 4.96. The summed E-state index contributed by atoms with van der Waals surface area (Å²) in [5.41, 5.74) is 1.09. The number of carboxylic acids is 1. The molecule has 92 valence electrons. The first-order valence-corrected chi connectivity index (χ1v) is 6.25. The second kappa shape index (κ2) is 5.62. The van der Waals surface area contributed by atoms with E-state index < -0.39 is 5.97 Å². The number of nitrogens with zero attached hydrogens (tertiary/aromatic N) is 1. The largest absolute Gasteiger partial charge is 0.480 e. The van der Waals surface area contributed by atoms with E-state index in [1.807, 2.05) is 29.2 Å². The van der Waals surface area contributed by atoms with E-state index in [4.69, 9.17) is 9.84 Å². The van der Waals surface area contributed by atoms with Crippen LogP contribution in [0.15, 0.2) is 28.7 Å². The number of aliphatic carboxylic acids is 1. The Hall–Kier alpha value is -0.910. The van der Waals surface area contributed by atoms with Crippen LogP contribution in [0.5, 0.6) is 0 Å². The molecule has 1 heterocycles. The number of ether oxygens (including phenoxy) is 1. The molecular formula is C12H14BrNO3. The van der Waals surface area contributed by atoms with Gasteiger partial charge in [0.15, 0.2) is 0 Å². The lowest BCUT2D eigenvalue weighted by molar-refractivity contribution is -0.140. The van der Waals surface area contributed by atoms with Crippen molar-refractivity contribution >= 4 is 21.9 Å². The van der Waals surface area contributed by atoms with Gasteiger partial charge in [0.05, 0.1) is 19.3 Å². The smallest absolute Gasteiger partial charge is 0.317 e. The number of benzene rings is 1. The molecule has 1 atom stereocenters. The van der Waals surface area contributed by atoms with Crippen molar-refractivity contribution in [2.24, 2.45) is 0 Å². The fourth-order valence-corrected chi connectivity index (χ4v) is 2.18. The van der Waals surface area contributed by atoms with Gasteiger partial charge in [-0.2, -0.15) is 0 Å². The zero-order chi connectivity index (χ0) is 12.3. The van der Waals surface area contributed by atoms with Crippen molar-refractivity contribution in [3.63, 3.8) is 0 Å². The number of halogens is 1. The van der Waals surface area contributed by atoms with E-state index in [0.717, 1.165) is 10.0 Å². The summed E-state index contributed by atoms with van der Waals surface area (Å²) in [6, 6.07) is 7.93. The first kappa shape index (κ1) is 12.5. The molecule has 0 spiro atoms. The van der Waals surface area contributed by atoms with Crippen molar-refractivity contribution in [2.45, 2.75) is 6.10 Å². The zero-order valence-corrected chi connectivity index (χ0v) is 10.9. The molecule has 1 saturated heterocycles. The lowest BCUT2D eigenvalue weighted by atomic mass is 10.1. The molecule has 2 rings (SSSR count). The van der Waals surface area contributed by atoms with Crippen molar-refractivity contribution in [3.05, 3.63) is 34.3 Å². The molecule has 1 aromatic carbocycles. The highest BCUT2D eigenvalue weighted by molar-refractivity contribution is 9.10. The lowest BCUT2D eigenvalue weighted by Gasteiger charge is -2.32. The standard InChI is InChI=1S/C12H14BrNO3/c13-10-3-1-9(2-4-10)11-7-14(5-6-17-11)8-12(15)16/h1-4,11H,5-8H2,(H,15,16). The molecule has 1 aliphatic heterocycles. The van der Waals surface area contributed by atoms with Crippen LogP contribution in [0.2, 0.25) is 0 Å². The quantitative estimate of drug-likeness (QED) is 0.926. The number of rotatable bonds is 3. The Morgan fingerprint density at radius 2 is 2.18 bits per heavy atom. The number of morpholine rings is 1. The van der Waals surface area contributed by atoms with E-state index in [0.29, 0.717) is 19.7 Å². The predicted molar refractivity (Wildman–Crippen MR) is 66.9 cm³/mol. The number of hydrogen-bond acceptors (Lipinski definition) is 3. The van der Waals surface area contributed by atoms with Crippen LogP contribution in [0.4, 0.5) is 0 Å². The summed E-state index contributed by atoms with van der Waals surface area (Å²) in [6.07, 6.45) is -0.0313. The van der Waals surface area contributed by atoms with Gasteiger partial charge in [0.1, 0.15) is 0 Å². The molecule has 5 heteroatoms. The van der Waals surface area contributed by atoms with Gasteiger partial charge in [0.25, 0.3) is 0 Å². The zero-order valence-electron chi connectivity index (χ0n) is 9.30. The van der Waals surface area contributed by atoms with Gasteiger partial charge in [-0.3, -0.25) is 9.69 Å². The molecule has 1 N–H and O–H groups in total. The van der Waals surface area contributed by atoms with Gasteiger partial charge >= 0.3 is 5.97 Å². The van der Waals surface area contributed by atoms with Crippen molar-refractivity contribution < 1.29 is 14.6 Å². The first-order valence-electron chi connectivity index (χ1n) is 5.46. The number of carboxylic acid groups (broad SMARTS) is 1. The fourth-order valence-electron chi connectivity index (χ4n) is 1.92. The van der Waals surface area contributed by atoms with Gasteiger partial charge in [-0.25, -0.2) is 0 Å². The van der Waals surface area contributed by atoms with Gasteiger partial charge in [0, 0.05) is 17.6 Å². The van der Waals surface area contributed by atoms with Crippen LogP contribution < -0.4 is 0 Å². The van der Waals surface area contributed by atoms with Gasteiger partial charge in [-0.05, 0) is 17.7 Å². The van der Waals surface area contributed by atoms with Crippen molar-refractivity contribution in [1.82, 2.24) is 4.90 Å². The SMILES string of the molecule is O=C(O)CN1CCOC(c2ccc(Br)cc2)C1. The van der Waals surface area contributed by atoms with E-state index in [1.165, 1.54) is 0 Å². The normalized spacial score (nSPS) is 21.4. The maximum Gasteiger partial charge on any atom is 0.317 e. The molecule has 1 aromatic rings. The molecule has 0 amide bonds. The second-order valence-electron chi connectivity index (χ2n) is 4.04. The van der Waals surface area contributed by atoms with Crippen LogP contribution in [0.25, 0.3) is 0 Å². The van der Waals surface area contributed by atoms with Crippen molar-refractivity contribution in [2.75, 3.05) is 26.2 Å². The third-order valence-corrected chi connectivity index (χ3v) is 3.28. The number of hydrogen-bond donors (Lipinski definition) is 1. The minimum Gasteiger partial charge on any atom is -0.480 e. The van der Waals surface area contributed by atoms with Gasteiger partial charge in [-0.15, -0.1) is 0 Å². The Morgan fingerprint density at radius 3 is 2.82 bits per heavy atom. The van der Waals surface area contributed by atoms with Crippen LogP contribution in [0, 0.1) is 0 Å². The summed E-state index contributed by atoms with van der Waals surface area (Å²) in [5, 5.41) is 8.77. The van der Waals surface area contributed by atoms with Crippen molar-refractivity contribution in [1.29, 1.82) is 0 Å². The Labute approximate surface area is 108 Å². The van der Waals surface area contributed by atoms with Gasteiger partial charge in [-0.1, -0.05) is 28.1 Å². The highest BCUT2D eigenvalue weighted by Gasteiger charge is 2.23. The van der Waals surface area contributed by atoms with Gasteiger partial charge < -0.3 is 9.84 Å². The van der Waals surface area contributed by atoms with Crippen LogP contribution >= 0.6 is 15.9 Å². The van der Waals surface area contributed by atoms with Crippen LogP contribution in [-0.2, 0) is 9.53 Å². The van der Waals surface area contributed by atoms with Gasteiger partial charge in [0.2, 0.25) is 0 Å². The van der Waals surface area contributed by atoms with E-state index in [1.54, 1.807) is 0 Å². The molecule has 0 bridgehead atoms. The summed E-state index contributed by atoms with van der Waals surface area (Å²) in [7, 11) is 0. The highest BCUT2D eigenvalue weighted by Crippen LogP contribution is 2.23. The average Bonchev–Trinajstić information content (AvgIpc) is 2.29. The van der Waals surface area contributed by atoms with Crippen LogP contribution in [-0.4, -0.2) is 42.2 Å². The van der Waals surface area contributed by atoms with Crippen LogP contribution in [0.3, 0.4) is 0 Å². The molecular weight excluding hydrogens is 286 g/mol. The fraction of sp³-hybridized carbons (Fsp3) is 0.417. The van der Waals surface area contributed by atoms with Crippen LogP contribution in [0.1, 0.15) is 11.7 Å². The average molecular weight is 300 g/mol. The summed E-state index contributed by atoms with van der Waals surface area (Å²) in [4.78, 5) is 12.6. The Morgan fingerprint density at radius 1 is 1.47 bits per heavy atom. The molecule has 0 radical (unpaired) electrons. The Balaban J connectivity index is 2.01. The first-order chi connectivity index (χ1) is 8.15. The molecule has 0 saturated carbocycles. The third kappa shape index (κ3) is 3.52. The van der Waals surface area contributed by atoms with E-state index in [2.05, 4.69) is 15.9 Å². The predicted octanol–water partition coefficient (Wildman–Crippen LogP) is 1.91. The molecule has 0 aliphatic carbocycles. The highest BCUT2D eigenvalue weighted by atomic mass is 79.9. The Kier molecular flexibility index (Phi) is 4.15. The summed E-state index contributed by atoms with van der Waals surface area (Å²) < 4.78 is 6.69. The summed E-state index contributed by atoms with van der Waals surface area (Å²) in [6.45, 7) is 1.97. The maximum atomic E-state index is 10.7. The molecule has 17 heavy (non-hydrogen) atoms. The van der Waals surface area contributed by atoms with E-state index in [9.17, 15) is 4.79 Å². The maximum absolute atomic E-state index is 10.7. The third-order valence-electron chi connectivity index (χ3n) is 2.75. The van der Waals surface area contributed by atoms with E-state index in [-0.39, 0.29) is 12.6 Å². The monoisotopic (exact) mass is 299 g/mol. The molecule has 1 unspecified atom stereocenters. The number of carbonyl (C=O) groups is 1. The molecule has 1 aliphatic rings. The summed E-state index contributed by atoms with van der Waals surface area (Å²) in [5.74, 6) is -0.790. The molecule has 0 aromatic heterocycles. The lowest BCUT2D eigenvalue weighted by Crippen LogP contribution is -2.41. The molecule has 1 fully saturated rings. The molecule has 4 nitrogen and oxygen atoms in total. The van der Waals surface area contributed by atoms with E-state index >= 15 is 0 Å². The summed E-state index contributed by atoms with van der Waals surface area (Å²) >= 11 is 3.39.